The van der Waals surface area contributed by atoms with E-state index in [4.69, 9.17) is 4.74 Å². The fourth-order valence-corrected chi connectivity index (χ4v) is 2.41. The van der Waals surface area contributed by atoms with Crippen LogP contribution in [0.3, 0.4) is 0 Å². The Kier molecular flexibility index (Phi) is 2.65. The average molecular weight is 238 g/mol. The summed E-state index contributed by atoms with van der Waals surface area (Å²) in [5.41, 5.74) is 1.84. The Balaban J connectivity index is 2.06. The van der Waals surface area contributed by atoms with E-state index in [1.807, 2.05) is 54.6 Å². The van der Waals surface area contributed by atoms with E-state index >= 15 is 0 Å². The van der Waals surface area contributed by atoms with Crippen molar-refractivity contribution in [1.29, 1.82) is 0 Å². The molecule has 0 saturated heterocycles. The van der Waals surface area contributed by atoms with E-state index in [1.165, 1.54) is 0 Å². The normalized spacial score (nSPS) is 22.2. The molecule has 0 bridgehead atoms. The molecular formula is C16H14O2. The smallest absolute Gasteiger partial charge is 0.132 e. The molecule has 1 heterocycles. The molecule has 1 aliphatic heterocycles. The van der Waals surface area contributed by atoms with Gasteiger partial charge in [0.1, 0.15) is 11.5 Å². The molecule has 90 valence electrons. The fourth-order valence-electron chi connectivity index (χ4n) is 2.41. The van der Waals surface area contributed by atoms with Crippen molar-refractivity contribution in [2.75, 3.05) is 0 Å². The predicted molar refractivity (Wildman–Crippen MR) is 70.4 cm³/mol. The van der Waals surface area contributed by atoms with E-state index < -0.39 is 6.10 Å². The van der Waals surface area contributed by atoms with Gasteiger partial charge in [-0.2, -0.15) is 0 Å². The molecule has 0 saturated carbocycles. The molecule has 2 aromatic carbocycles. The van der Waals surface area contributed by atoms with Gasteiger partial charge in [-0.25, -0.2) is 0 Å². The third-order valence-electron chi connectivity index (χ3n) is 3.30. The first-order valence-electron chi connectivity index (χ1n) is 5.96. The fraction of sp³-hybridized carbons (Fsp3) is 0.125. The van der Waals surface area contributed by atoms with E-state index in [1.54, 1.807) is 0 Å². The van der Waals surface area contributed by atoms with Gasteiger partial charge >= 0.3 is 0 Å². The molecule has 0 spiro atoms. The minimum atomic E-state index is -0.607. The van der Waals surface area contributed by atoms with Gasteiger partial charge < -0.3 is 9.84 Å². The number of aliphatic hydroxyl groups is 1. The van der Waals surface area contributed by atoms with Gasteiger partial charge in [-0.05, 0) is 11.6 Å². The first kappa shape index (κ1) is 11.1. The van der Waals surface area contributed by atoms with Gasteiger partial charge in [-0.1, -0.05) is 55.1 Å². The summed E-state index contributed by atoms with van der Waals surface area (Å²) in [7, 11) is 0. The van der Waals surface area contributed by atoms with Crippen molar-refractivity contribution in [2.45, 2.75) is 12.0 Å². The summed E-state index contributed by atoms with van der Waals surface area (Å²) in [6.07, 6.45) is -0.607. The van der Waals surface area contributed by atoms with Crippen LogP contribution in [0.1, 0.15) is 23.1 Å². The van der Waals surface area contributed by atoms with Gasteiger partial charge in [-0.3, -0.25) is 0 Å². The lowest BCUT2D eigenvalue weighted by molar-refractivity contribution is 0.121. The van der Waals surface area contributed by atoms with Crippen LogP contribution in [0.2, 0.25) is 0 Å². The molecule has 3 rings (SSSR count). The van der Waals surface area contributed by atoms with Crippen LogP contribution in [0.4, 0.5) is 0 Å². The van der Waals surface area contributed by atoms with Crippen LogP contribution in [0.5, 0.6) is 5.75 Å². The zero-order valence-electron chi connectivity index (χ0n) is 9.91. The Bertz CT molecular complexity index is 575. The van der Waals surface area contributed by atoms with Gasteiger partial charge in [0.05, 0.1) is 12.0 Å². The quantitative estimate of drug-likeness (QED) is 0.825. The lowest BCUT2D eigenvalue weighted by Crippen LogP contribution is -2.21. The topological polar surface area (TPSA) is 29.5 Å². The number of ether oxygens (including phenoxy) is 1. The summed E-state index contributed by atoms with van der Waals surface area (Å²) in [6.45, 7) is 3.94. The molecule has 1 N–H and O–H groups in total. The maximum atomic E-state index is 10.5. The minimum absolute atomic E-state index is 0.207. The summed E-state index contributed by atoms with van der Waals surface area (Å²) in [5.74, 6) is 1.08. The third-order valence-corrected chi connectivity index (χ3v) is 3.30. The Morgan fingerprint density at radius 3 is 2.39 bits per heavy atom. The first-order chi connectivity index (χ1) is 8.77. The second-order valence-corrected chi connectivity index (χ2v) is 4.44. The molecule has 1 aliphatic rings. The SMILES string of the molecule is C=C1Oc2ccccc2[C@H](O)[C@@H]1c1ccccc1. The summed E-state index contributed by atoms with van der Waals surface area (Å²) >= 11 is 0. The molecule has 2 nitrogen and oxygen atoms in total. The highest BCUT2D eigenvalue weighted by atomic mass is 16.5. The van der Waals surface area contributed by atoms with Crippen molar-refractivity contribution >= 4 is 0 Å². The van der Waals surface area contributed by atoms with Crippen LogP contribution in [0, 0.1) is 0 Å². The number of fused-ring (bicyclic) bond motifs is 1. The predicted octanol–water partition coefficient (Wildman–Crippen LogP) is 3.41. The monoisotopic (exact) mass is 238 g/mol. The van der Waals surface area contributed by atoms with Crippen molar-refractivity contribution in [2.24, 2.45) is 0 Å². The third kappa shape index (κ3) is 1.71. The Hall–Kier alpha value is -2.06. The average Bonchev–Trinajstić information content (AvgIpc) is 2.40. The molecule has 2 heteroatoms. The summed E-state index contributed by atoms with van der Waals surface area (Å²) < 4.78 is 5.71. The number of hydrogen-bond donors (Lipinski definition) is 1. The summed E-state index contributed by atoms with van der Waals surface area (Å²) in [4.78, 5) is 0. The first-order valence-corrected chi connectivity index (χ1v) is 5.96. The van der Waals surface area contributed by atoms with Crippen molar-refractivity contribution in [3.8, 4) is 5.75 Å². The van der Waals surface area contributed by atoms with Crippen LogP contribution >= 0.6 is 0 Å². The lowest BCUT2D eigenvalue weighted by atomic mass is 9.86. The molecule has 0 radical (unpaired) electrons. The summed E-state index contributed by atoms with van der Waals surface area (Å²) in [5, 5.41) is 10.5. The van der Waals surface area contributed by atoms with E-state index in [9.17, 15) is 5.11 Å². The summed E-state index contributed by atoms with van der Waals surface area (Å²) in [6, 6.07) is 17.4. The van der Waals surface area contributed by atoms with Crippen LogP contribution in [0.15, 0.2) is 66.9 Å². The number of hydrogen-bond acceptors (Lipinski definition) is 2. The second-order valence-electron chi connectivity index (χ2n) is 4.44. The highest BCUT2D eigenvalue weighted by molar-refractivity contribution is 5.44. The second kappa shape index (κ2) is 4.31. The van der Waals surface area contributed by atoms with E-state index in [-0.39, 0.29) is 5.92 Å². The van der Waals surface area contributed by atoms with Crippen LogP contribution in [-0.4, -0.2) is 5.11 Å². The van der Waals surface area contributed by atoms with E-state index in [0.717, 1.165) is 11.1 Å². The zero-order valence-corrected chi connectivity index (χ0v) is 9.91. The van der Waals surface area contributed by atoms with Crippen molar-refractivity contribution in [3.05, 3.63) is 78.1 Å². The highest BCUT2D eigenvalue weighted by Crippen LogP contribution is 2.44. The molecule has 0 amide bonds. The van der Waals surface area contributed by atoms with Crippen molar-refractivity contribution in [1.82, 2.24) is 0 Å². The van der Waals surface area contributed by atoms with E-state index in [0.29, 0.717) is 11.5 Å². The van der Waals surface area contributed by atoms with Gasteiger partial charge in [-0.15, -0.1) is 0 Å². The molecular weight excluding hydrogens is 224 g/mol. The zero-order chi connectivity index (χ0) is 12.5. The Morgan fingerprint density at radius 1 is 0.944 bits per heavy atom. The maximum absolute atomic E-state index is 10.5. The molecule has 18 heavy (non-hydrogen) atoms. The standard InChI is InChI=1S/C16H14O2/c1-11-15(12-7-3-2-4-8-12)16(17)13-9-5-6-10-14(13)18-11/h2-10,15-17H,1H2/t15-,16-/m0/s1. The minimum Gasteiger partial charge on any atom is -0.461 e. The van der Waals surface area contributed by atoms with Crippen LogP contribution in [-0.2, 0) is 0 Å². The molecule has 0 unspecified atom stereocenters. The molecule has 0 fully saturated rings. The number of para-hydroxylation sites is 1. The number of rotatable bonds is 1. The molecule has 0 aromatic heterocycles. The molecule has 0 aliphatic carbocycles. The van der Waals surface area contributed by atoms with Gasteiger partial charge in [0.25, 0.3) is 0 Å². The molecule has 2 aromatic rings. The maximum Gasteiger partial charge on any atom is 0.132 e. The van der Waals surface area contributed by atoms with Gasteiger partial charge in [0.15, 0.2) is 0 Å². The van der Waals surface area contributed by atoms with Crippen LogP contribution in [0.25, 0.3) is 0 Å². The van der Waals surface area contributed by atoms with Crippen LogP contribution < -0.4 is 4.74 Å². The van der Waals surface area contributed by atoms with Crippen molar-refractivity contribution in [3.63, 3.8) is 0 Å². The van der Waals surface area contributed by atoms with E-state index in [2.05, 4.69) is 6.58 Å². The number of aliphatic hydroxyl groups excluding tert-OH is 1. The van der Waals surface area contributed by atoms with Gasteiger partial charge in [0.2, 0.25) is 0 Å². The Morgan fingerprint density at radius 2 is 1.61 bits per heavy atom. The molecule has 2 atom stereocenters. The van der Waals surface area contributed by atoms with Gasteiger partial charge in [0, 0.05) is 5.56 Å². The van der Waals surface area contributed by atoms with Crippen molar-refractivity contribution < 1.29 is 9.84 Å². The Labute approximate surface area is 106 Å². The highest BCUT2D eigenvalue weighted by Gasteiger charge is 2.33. The lowest BCUT2D eigenvalue weighted by Gasteiger charge is -2.31. The largest absolute Gasteiger partial charge is 0.461 e. The number of benzene rings is 2.